The summed E-state index contributed by atoms with van der Waals surface area (Å²) >= 11 is 6.05. The van der Waals surface area contributed by atoms with Gasteiger partial charge < -0.3 is 15.0 Å². The number of carbonyl (C=O) groups excluding carboxylic acids is 1. The number of nitriles is 1. The Morgan fingerprint density at radius 3 is 2.95 bits per heavy atom. The van der Waals surface area contributed by atoms with Gasteiger partial charge in [0.15, 0.2) is 0 Å². The Morgan fingerprint density at radius 1 is 1.60 bits per heavy atom. The highest BCUT2D eigenvalue weighted by molar-refractivity contribution is 6.34. The van der Waals surface area contributed by atoms with Crippen molar-refractivity contribution in [3.8, 4) is 6.07 Å². The summed E-state index contributed by atoms with van der Waals surface area (Å²) in [6.07, 6.45) is 1.48. The Hall–Kier alpha value is -1.84. The first-order chi connectivity index (χ1) is 9.63. The number of anilines is 1. The fourth-order valence-corrected chi connectivity index (χ4v) is 2.16. The number of pyridine rings is 1. The van der Waals surface area contributed by atoms with E-state index in [2.05, 4.69) is 10.3 Å². The second-order valence-electron chi connectivity index (χ2n) is 4.44. The SMILES string of the molecule is CC(Nc1nccc(C#N)c1Cl)C(=O)N1CCOCC1. The molecule has 0 aromatic carbocycles. The van der Waals surface area contributed by atoms with Gasteiger partial charge in [0.25, 0.3) is 0 Å². The second-order valence-corrected chi connectivity index (χ2v) is 4.81. The van der Waals surface area contributed by atoms with Crippen LogP contribution in [0.4, 0.5) is 5.82 Å². The van der Waals surface area contributed by atoms with E-state index in [4.69, 9.17) is 21.6 Å². The smallest absolute Gasteiger partial charge is 0.244 e. The highest BCUT2D eigenvalue weighted by Crippen LogP contribution is 2.23. The zero-order valence-corrected chi connectivity index (χ0v) is 11.9. The van der Waals surface area contributed by atoms with Crippen LogP contribution in [0.15, 0.2) is 12.3 Å². The van der Waals surface area contributed by atoms with Gasteiger partial charge in [0.2, 0.25) is 5.91 Å². The average molecular weight is 295 g/mol. The molecule has 1 fully saturated rings. The van der Waals surface area contributed by atoms with Gasteiger partial charge in [-0.1, -0.05) is 11.6 Å². The molecule has 1 N–H and O–H groups in total. The highest BCUT2D eigenvalue weighted by atomic mass is 35.5. The maximum atomic E-state index is 12.2. The number of hydrogen-bond donors (Lipinski definition) is 1. The zero-order chi connectivity index (χ0) is 14.5. The van der Waals surface area contributed by atoms with Crippen LogP contribution in [0, 0.1) is 11.3 Å². The maximum Gasteiger partial charge on any atom is 0.244 e. The number of nitrogens with one attached hydrogen (secondary N) is 1. The van der Waals surface area contributed by atoms with Gasteiger partial charge in [0.05, 0.1) is 18.8 Å². The van der Waals surface area contributed by atoms with Crippen molar-refractivity contribution in [2.75, 3.05) is 31.6 Å². The van der Waals surface area contributed by atoms with Gasteiger partial charge in [-0.15, -0.1) is 0 Å². The van der Waals surface area contributed by atoms with E-state index in [1.807, 2.05) is 6.07 Å². The van der Waals surface area contributed by atoms with Crippen molar-refractivity contribution in [1.29, 1.82) is 5.26 Å². The fourth-order valence-electron chi connectivity index (χ4n) is 1.96. The van der Waals surface area contributed by atoms with Crippen LogP contribution in [0.5, 0.6) is 0 Å². The first kappa shape index (κ1) is 14.6. The standard InChI is InChI=1S/C13H15ClN4O2/c1-9(13(19)18-4-6-20-7-5-18)17-12-11(14)10(8-15)2-3-16-12/h2-3,9H,4-7H2,1H3,(H,16,17). The van der Waals surface area contributed by atoms with Crippen LogP contribution in [0.3, 0.4) is 0 Å². The number of amides is 1. The third-order valence-electron chi connectivity index (χ3n) is 3.06. The van der Waals surface area contributed by atoms with Crippen LogP contribution in [-0.2, 0) is 9.53 Å². The van der Waals surface area contributed by atoms with Gasteiger partial charge in [-0.25, -0.2) is 4.98 Å². The monoisotopic (exact) mass is 294 g/mol. The fraction of sp³-hybridized carbons (Fsp3) is 0.462. The van der Waals surface area contributed by atoms with Crippen LogP contribution >= 0.6 is 11.6 Å². The van der Waals surface area contributed by atoms with Crippen LogP contribution in [0.25, 0.3) is 0 Å². The number of halogens is 1. The number of ether oxygens (including phenoxy) is 1. The number of morpholine rings is 1. The van der Waals surface area contributed by atoms with Crippen molar-refractivity contribution in [3.05, 3.63) is 22.8 Å². The van der Waals surface area contributed by atoms with Crippen LogP contribution < -0.4 is 5.32 Å². The molecule has 0 aliphatic carbocycles. The van der Waals surface area contributed by atoms with Crippen molar-refractivity contribution in [2.24, 2.45) is 0 Å². The van der Waals surface area contributed by atoms with E-state index in [0.717, 1.165) is 0 Å². The molecule has 0 spiro atoms. The van der Waals surface area contributed by atoms with Crippen molar-refractivity contribution in [3.63, 3.8) is 0 Å². The van der Waals surface area contributed by atoms with E-state index in [1.165, 1.54) is 12.3 Å². The maximum absolute atomic E-state index is 12.2. The number of carbonyl (C=O) groups is 1. The number of rotatable bonds is 3. The zero-order valence-electron chi connectivity index (χ0n) is 11.1. The molecule has 20 heavy (non-hydrogen) atoms. The molecule has 1 aromatic rings. The van der Waals surface area contributed by atoms with Gasteiger partial charge in [0.1, 0.15) is 23.0 Å². The van der Waals surface area contributed by atoms with Gasteiger partial charge in [0, 0.05) is 19.3 Å². The summed E-state index contributed by atoms with van der Waals surface area (Å²) in [5.41, 5.74) is 0.329. The molecule has 2 heterocycles. The highest BCUT2D eigenvalue weighted by Gasteiger charge is 2.23. The molecule has 1 atom stereocenters. The van der Waals surface area contributed by atoms with Crippen LogP contribution in [0.1, 0.15) is 12.5 Å². The van der Waals surface area contributed by atoms with E-state index in [0.29, 0.717) is 37.7 Å². The van der Waals surface area contributed by atoms with Gasteiger partial charge >= 0.3 is 0 Å². The van der Waals surface area contributed by atoms with Crippen molar-refractivity contribution in [1.82, 2.24) is 9.88 Å². The first-order valence-electron chi connectivity index (χ1n) is 6.31. The third kappa shape index (κ3) is 3.18. The molecule has 7 heteroatoms. The van der Waals surface area contributed by atoms with E-state index in [9.17, 15) is 4.79 Å². The Morgan fingerprint density at radius 2 is 2.30 bits per heavy atom. The summed E-state index contributed by atoms with van der Waals surface area (Å²) in [5, 5.41) is 12.1. The van der Waals surface area contributed by atoms with Crippen molar-refractivity contribution in [2.45, 2.75) is 13.0 Å². The second kappa shape index (κ2) is 6.55. The van der Waals surface area contributed by atoms with E-state index in [-0.39, 0.29) is 10.9 Å². The summed E-state index contributed by atoms with van der Waals surface area (Å²) < 4.78 is 5.21. The summed E-state index contributed by atoms with van der Waals surface area (Å²) in [5.74, 6) is 0.313. The summed E-state index contributed by atoms with van der Waals surface area (Å²) in [4.78, 5) is 18.0. The largest absolute Gasteiger partial charge is 0.378 e. The minimum Gasteiger partial charge on any atom is -0.378 e. The summed E-state index contributed by atoms with van der Waals surface area (Å²) in [6, 6.07) is 3.04. The van der Waals surface area contributed by atoms with Gasteiger partial charge in [-0.05, 0) is 13.0 Å². The predicted molar refractivity (Wildman–Crippen MR) is 74.4 cm³/mol. The predicted octanol–water partition coefficient (Wildman–Crippen LogP) is 1.27. The Bertz CT molecular complexity index is 538. The molecule has 0 bridgehead atoms. The van der Waals surface area contributed by atoms with Gasteiger partial charge in [-0.3, -0.25) is 4.79 Å². The number of aromatic nitrogens is 1. The molecule has 2 rings (SSSR count). The van der Waals surface area contributed by atoms with Crippen LogP contribution in [0.2, 0.25) is 5.02 Å². The lowest BCUT2D eigenvalue weighted by Gasteiger charge is -2.29. The Labute approximate surface area is 122 Å². The molecular formula is C13H15ClN4O2. The lowest BCUT2D eigenvalue weighted by atomic mass is 10.2. The lowest BCUT2D eigenvalue weighted by Crippen LogP contribution is -2.47. The quantitative estimate of drug-likeness (QED) is 0.908. The number of hydrogen-bond acceptors (Lipinski definition) is 5. The van der Waals surface area contributed by atoms with Crippen LogP contribution in [-0.4, -0.2) is 48.1 Å². The summed E-state index contributed by atoms with van der Waals surface area (Å²) in [6.45, 7) is 4.03. The molecule has 1 unspecified atom stereocenters. The normalized spacial score (nSPS) is 16.4. The molecule has 0 saturated carbocycles. The molecule has 106 valence electrons. The molecule has 6 nitrogen and oxygen atoms in total. The first-order valence-corrected chi connectivity index (χ1v) is 6.69. The van der Waals surface area contributed by atoms with Crippen molar-refractivity contribution < 1.29 is 9.53 Å². The molecule has 1 saturated heterocycles. The minimum atomic E-state index is -0.466. The Balaban J connectivity index is 2.06. The van der Waals surface area contributed by atoms with E-state index >= 15 is 0 Å². The van der Waals surface area contributed by atoms with E-state index in [1.54, 1.807) is 11.8 Å². The topological polar surface area (TPSA) is 78.2 Å². The molecule has 0 radical (unpaired) electrons. The lowest BCUT2D eigenvalue weighted by molar-refractivity contribution is -0.135. The molecule has 1 aromatic heterocycles. The average Bonchev–Trinajstić information content (AvgIpc) is 2.49. The van der Waals surface area contributed by atoms with Crippen molar-refractivity contribution >= 4 is 23.3 Å². The third-order valence-corrected chi connectivity index (χ3v) is 3.44. The molecule has 1 aliphatic rings. The summed E-state index contributed by atoms with van der Waals surface area (Å²) in [7, 11) is 0. The Kier molecular flexibility index (Phi) is 4.77. The molecule has 1 amide bonds. The molecular weight excluding hydrogens is 280 g/mol. The number of nitrogens with zero attached hydrogens (tertiary/aromatic N) is 3. The van der Waals surface area contributed by atoms with Gasteiger partial charge in [-0.2, -0.15) is 5.26 Å². The van der Waals surface area contributed by atoms with E-state index < -0.39 is 6.04 Å². The minimum absolute atomic E-state index is 0.0338. The molecule has 1 aliphatic heterocycles.